The molecule has 0 aliphatic heterocycles. The highest BCUT2D eigenvalue weighted by atomic mass is 16.5. The Bertz CT molecular complexity index is 676. The fourth-order valence-corrected chi connectivity index (χ4v) is 4.03. The Labute approximate surface area is 189 Å². The van der Waals surface area contributed by atoms with Gasteiger partial charge in [-0.05, 0) is 96.3 Å². The zero-order valence-electron chi connectivity index (χ0n) is 20.5. The lowest BCUT2D eigenvalue weighted by molar-refractivity contribution is -0.147. The summed E-state index contributed by atoms with van der Waals surface area (Å²) in [6, 6.07) is 6.70. The van der Waals surface area contributed by atoms with Gasteiger partial charge in [-0.2, -0.15) is 0 Å². The van der Waals surface area contributed by atoms with Gasteiger partial charge >= 0.3 is 5.97 Å². The van der Waals surface area contributed by atoms with Gasteiger partial charge in [0.15, 0.2) is 0 Å². The smallest absolute Gasteiger partial charge is 0.309 e. The van der Waals surface area contributed by atoms with Crippen LogP contribution in [0.3, 0.4) is 0 Å². The number of unbranched alkanes of at least 4 members (excludes halogenated alkanes) is 6. The molecular formula is C27H44O4. The summed E-state index contributed by atoms with van der Waals surface area (Å²) in [6.45, 7) is 10.4. The van der Waals surface area contributed by atoms with Gasteiger partial charge < -0.3 is 9.84 Å². The summed E-state index contributed by atoms with van der Waals surface area (Å²) in [7, 11) is 0. The number of benzene rings is 1. The minimum Gasteiger partial charge on any atom is -0.481 e. The third-order valence-corrected chi connectivity index (χ3v) is 6.48. The van der Waals surface area contributed by atoms with Gasteiger partial charge in [0, 0.05) is 0 Å². The quantitative estimate of drug-likeness (QED) is 0.212. The van der Waals surface area contributed by atoms with E-state index in [2.05, 4.69) is 25.1 Å². The summed E-state index contributed by atoms with van der Waals surface area (Å²) in [4.78, 5) is 21.7. The Morgan fingerprint density at radius 1 is 0.871 bits per heavy atom. The first-order valence-corrected chi connectivity index (χ1v) is 12.0. The lowest BCUT2D eigenvalue weighted by atomic mass is 9.87. The van der Waals surface area contributed by atoms with E-state index in [0.717, 1.165) is 57.8 Å². The SMILES string of the molecule is Cc1c(CCCCCCC(C)(C)OC=O)cccc1CCCCCCC(C)(C)C(=O)O. The van der Waals surface area contributed by atoms with Gasteiger partial charge in [0.25, 0.3) is 6.47 Å². The molecule has 1 rings (SSSR count). The summed E-state index contributed by atoms with van der Waals surface area (Å²) in [5.74, 6) is -0.698. The third kappa shape index (κ3) is 10.8. The molecule has 1 aromatic carbocycles. The maximum Gasteiger partial charge on any atom is 0.309 e. The first kappa shape index (κ1) is 27.2. The first-order valence-electron chi connectivity index (χ1n) is 12.0. The number of ether oxygens (including phenoxy) is 1. The molecule has 0 heterocycles. The van der Waals surface area contributed by atoms with E-state index in [1.165, 1.54) is 36.0 Å². The topological polar surface area (TPSA) is 63.6 Å². The summed E-state index contributed by atoms with van der Waals surface area (Å²) in [6.07, 6.45) is 12.9. The predicted molar refractivity (Wildman–Crippen MR) is 127 cm³/mol. The van der Waals surface area contributed by atoms with Crippen LogP contribution in [0.25, 0.3) is 0 Å². The number of aliphatic carboxylic acids is 1. The number of aryl methyl sites for hydroxylation is 2. The Morgan fingerprint density at radius 2 is 1.35 bits per heavy atom. The van der Waals surface area contributed by atoms with Crippen LogP contribution in [0.15, 0.2) is 18.2 Å². The van der Waals surface area contributed by atoms with Crippen LogP contribution in [0, 0.1) is 12.3 Å². The molecule has 0 fully saturated rings. The van der Waals surface area contributed by atoms with E-state index >= 15 is 0 Å². The molecule has 0 radical (unpaired) electrons. The molecule has 0 aliphatic rings. The fraction of sp³-hybridized carbons (Fsp3) is 0.704. The molecule has 4 heteroatoms. The van der Waals surface area contributed by atoms with E-state index in [4.69, 9.17) is 4.74 Å². The van der Waals surface area contributed by atoms with Crippen molar-refractivity contribution < 1.29 is 19.4 Å². The van der Waals surface area contributed by atoms with Gasteiger partial charge in [-0.15, -0.1) is 0 Å². The lowest BCUT2D eigenvalue weighted by Crippen LogP contribution is -2.23. The van der Waals surface area contributed by atoms with Crippen molar-refractivity contribution in [2.45, 2.75) is 117 Å². The highest BCUT2D eigenvalue weighted by molar-refractivity contribution is 5.73. The summed E-state index contributed by atoms with van der Waals surface area (Å²) in [5.41, 5.74) is 3.40. The molecule has 0 aliphatic carbocycles. The Balaban J connectivity index is 2.28. The van der Waals surface area contributed by atoms with Crippen molar-refractivity contribution in [3.8, 4) is 0 Å². The van der Waals surface area contributed by atoms with Crippen molar-refractivity contribution in [2.75, 3.05) is 0 Å². The van der Waals surface area contributed by atoms with Gasteiger partial charge in [-0.3, -0.25) is 9.59 Å². The normalized spacial score (nSPS) is 12.0. The minimum atomic E-state index is -0.698. The van der Waals surface area contributed by atoms with Crippen LogP contribution < -0.4 is 0 Å². The van der Waals surface area contributed by atoms with E-state index in [1.54, 1.807) is 0 Å². The lowest BCUT2D eigenvalue weighted by Gasteiger charge is -2.22. The molecule has 0 atom stereocenters. The Morgan fingerprint density at radius 3 is 1.84 bits per heavy atom. The molecule has 0 unspecified atom stereocenters. The monoisotopic (exact) mass is 432 g/mol. The van der Waals surface area contributed by atoms with Crippen molar-refractivity contribution in [1.29, 1.82) is 0 Å². The third-order valence-electron chi connectivity index (χ3n) is 6.48. The van der Waals surface area contributed by atoms with Crippen LogP contribution in [0.4, 0.5) is 0 Å². The second-order valence-corrected chi connectivity index (χ2v) is 10.2. The van der Waals surface area contributed by atoms with Crippen LogP contribution in [0.1, 0.15) is 109 Å². The van der Waals surface area contributed by atoms with E-state index in [0.29, 0.717) is 6.47 Å². The highest BCUT2D eigenvalue weighted by Gasteiger charge is 2.25. The van der Waals surface area contributed by atoms with Crippen molar-refractivity contribution in [3.05, 3.63) is 34.9 Å². The zero-order valence-corrected chi connectivity index (χ0v) is 20.5. The van der Waals surface area contributed by atoms with Crippen LogP contribution in [-0.4, -0.2) is 23.1 Å². The number of rotatable bonds is 17. The van der Waals surface area contributed by atoms with Crippen LogP contribution in [0.2, 0.25) is 0 Å². The molecule has 0 aromatic heterocycles. The molecule has 176 valence electrons. The Kier molecular flexibility index (Phi) is 11.9. The first-order chi connectivity index (χ1) is 14.6. The predicted octanol–water partition coefficient (Wildman–Crippen LogP) is 7.04. The highest BCUT2D eigenvalue weighted by Crippen LogP contribution is 2.25. The fourth-order valence-electron chi connectivity index (χ4n) is 4.03. The van der Waals surface area contributed by atoms with E-state index in [9.17, 15) is 14.7 Å². The molecule has 0 bridgehead atoms. The second kappa shape index (κ2) is 13.5. The van der Waals surface area contributed by atoms with Gasteiger partial charge in [0.1, 0.15) is 5.60 Å². The van der Waals surface area contributed by atoms with E-state index in [1.807, 2.05) is 27.7 Å². The molecule has 4 nitrogen and oxygen atoms in total. The number of carbonyl (C=O) groups is 2. The largest absolute Gasteiger partial charge is 0.481 e. The number of carbonyl (C=O) groups excluding carboxylic acids is 1. The molecule has 1 N–H and O–H groups in total. The maximum atomic E-state index is 11.2. The minimum absolute atomic E-state index is 0.348. The van der Waals surface area contributed by atoms with Crippen molar-refractivity contribution >= 4 is 12.4 Å². The number of carboxylic acid groups (broad SMARTS) is 1. The summed E-state index contributed by atoms with van der Waals surface area (Å²) in [5, 5.41) is 9.19. The number of hydrogen-bond acceptors (Lipinski definition) is 3. The zero-order chi connectivity index (χ0) is 23.3. The second-order valence-electron chi connectivity index (χ2n) is 10.2. The molecule has 0 spiro atoms. The van der Waals surface area contributed by atoms with Crippen molar-refractivity contribution in [2.24, 2.45) is 5.41 Å². The van der Waals surface area contributed by atoms with Gasteiger partial charge in [0.05, 0.1) is 5.41 Å². The van der Waals surface area contributed by atoms with Gasteiger partial charge in [0.2, 0.25) is 0 Å². The summed E-state index contributed by atoms with van der Waals surface area (Å²) < 4.78 is 5.11. The van der Waals surface area contributed by atoms with Crippen molar-refractivity contribution in [3.63, 3.8) is 0 Å². The average molecular weight is 433 g/mol. The average Bonchev–Trinajstić information content (AvgIpc) is 2.69. The summed E-state index contributed by atoms with van der Waals surface area (Å²) >= 11 is 0. The van der Waals surface area contributed by atoms with Crippen LogP contribution in [0.5, 0.6) is 0 Å². The molecule has 31 heavy (non-hydrogen) atoms. The number of carboxylic acids is 1. The standard InChI is InChI=1S/C27H44O4/c1-22-23(15-10-6-8-12-19-26(2,3)25(29)30)17-14-18-24(22)16-11-7-9-13-20-27(4,5)31-21-28/h14,17-18,21H,6-13,15-16,19-20H2,1-5H3,(H,29,30). The van der Waals surface area contributed by atoms with Crippen LogP contribution >= 0.6 is 0 Å². The van der Waals surface area contributed by atoms with Gasteiger partial charge in [-0.25, -0.2) is 0 Å². The number of hydrogen-bond donors (Lipinski definition) is 1. The van der Waals surface area contributed by atoms with Crippen LogP contribution in [-0.2, 0) is 27.2 Å². The molecule has 0 saturated heterocycles. The van der Waals surface area contributed by atoms with Gasteiger partial charge in [-0.1, -0.05) is 50.3 Å². The molecular weight excluding hydrogens is 388 g/mol. The van der Waals surface area contributed by atoms with E-state index in [-0.39, 0.29) is 5.60 Å². The van der Waals surface area contributed by atoms with Crippen molar-refractivity contribution in [1.82, 2.24) is 0 Å². The Hall–Kier alpha value is -1.84. The molecule has 0 amide bonds. The molecule has 0 saturated carbocycles. The maximum absolute atomic E-state index is 11.2. The van der Waals surface area contributed by atoms with E-state index < -0.39 is 11.4 Å². The molecule has 1 aromatic rings.